The van der Waals surface area contributed by atoms with E-state index in [1.54, 1.807) is 19.2 Å². The molecule has 0 fully saturated rings. The molecule has 26 heavy (non-hydrogen) atoms. The molecule has 3 rings (SSSR count). The number of rotatable bonds is 7. The van der Waals surface area contributed by atoms with Gasteiger partial charge in [-0.15, -0.1) is 0 Å². The van der Waals surface area contributed by atoms with Crippen LogP contribution in [0.3, 0.4) is 0 Å². The number of nitro benzene ring substituents is 1. The summed E-state index contributed by atoms with van der Waals surface area (Å²) >= 11 is 0. The van der Waals surface area contributed by atoms with Gasteiger partial charge in [0.15, 0.2) is 11.6 Å². The van der Waals surface area contributed by atoms with Gasteiger partial charge in [-0.25, -0.2) is 4.98 Å². The molecule has 1 aromatic heterocycles. The lowest BCUT2D eigenvalue weighted by Gasteiger charge is -2.09. The van der Waals surface area contributed by atoms with E-state index in [-0.39, 0.29) is 12.3 Å². The molecule has 1 unspecified atom stereocenters. The van der Waals surface area contributed by atoms with Crippen LogP contribution >= 0.6 is 0 Å². The molecule has 9 heteroatoms. The first-order chi connectivity index (χ1) is 12.6. The Labute approximate surface area is 148 Å². The fourth-order valence-corrected chi connectivity index (χ4v) is 2.34. The van der Waals surface area contributed by atoms with Crippen molar-refractivity contribution >= 4 is 5.69 Å². The summed E-state index contributed by atoms with van der Waals surface area (Å²) < 4.78 is 10.7. The summed E-state index contributed by atoms with van der Waals surface area (Å²) in [7, 11) is 1.58. The SMILES string of the molecule is COc1cccc(C(N)c2n[nH]c(COc3cccc([N+](=O)[O-])c3)n2)c1. The Kier molecular flexibility index (Phi) is 5.09. The highest BCUT2D eigenvalue weighted by molar-refractivity contribution is 5.38. The van der Waals surface area contributed by atoms with Gasteiger partial charge in [-0.3, -0.25) is 15.2 Å². The van der Waals surface area contributed by atoms with Crippen LogP contribution in [0.2, 0.25) is 0 Å². The van der Waals surface area contributed by atoms with E-state index >= 15 is 0 Å². The van der Waals surface area contributed by atoms with Crippen molar-refractivity contribution in [1.82, 2.24) is 15.2 Å². The van der Waals surface area contributed by atoms with Crippen LogP contribution in [-0.4, -0.2) is 27.2 Å². The highest BCUT2D eigenvalue weighted by atomic mass is 16.6. The Morgan fingerprint density at radius 3 is 2.77 bits per heavy atom. The van der Waals surface area contributed by atoms with Crippen molar-refractivity contribution in [3.63, 3.8) is 0 Å². The van der Waals surface area contributed by atoms with Gasteiger partial charge < -0.3 is 15.2 Å². The molecule has 2 aromatic carbocycles. The molecule has 0 aliphatic heterocycles. The molecule has 3 N–H and O–H groups in total. The maximum Gasteiger partial charge on any atom is 0.273 e. The summed E-state index contributed by atoms with van der Waals surface area (Å²) in [5, 5.41) is 17.7. The van der Waals surface area contributed by atoms with Crippen molar-refractivity contribution in [2.24, 2.45) is 5.73 Å². The van der Waals surface area contributed by atoms with Crippen molar-refractivity contribution in [2.75, 3.05) is 7.11 Å². The third kappa shape index (κ3) is 3.95. The number of aromatic amines is 1. The summed E-state index contributed by atoms with van der Waals surface area (Å²) in [5.41, 5.74) is 6.97. The van der Waals surface area contributed by atoms with Crippen LogP contribution in [0.25, 0.3) is 0 Å². The van der Waals surface area contributed by atoms with Crippen LogP contribution in [-0.2, 0) is 6.61 Å². The third-order valence-electron chi connectivity index (χ3n) is 3.68. The van der Waals surface area contributed by atoms with Gasteiger partial charge in [-0.2, -0.15) is 5.10 Å². The Hall–Kier alpha value is -3.46. The summed E-state index contributed by atoms with van der Waals surface area (Å²) in [6.45, 7) is 0.0823. The molecule has 9 nitrogen and oxygen atoms in total. The zero-order valence-electron chi connectivity index (χ0n) is 14.0. The molecule has 0 amide bonds. The predicted molar refractivity (Wildman–Crippen MR) is 92.8 cm³/mol. The molecule has 0 spiro atoms. The van der Waals surface area contributed by atoms with Crippen LogP contribution in [0.1, 0.15) is 23.3 Å². The molecule has 0 bridgehead atoms. The molecule has 0 aliphatic carbocycles. The lowest BCUT2D eigenvalue weighted by atomic mass is 10.1. The predicted octanol–water partition coefficient (Wildman–Crippen LogP) is 2.35. The summed E-state index contributed by atoms with van der Waals surface area (Å²) in [5.74, 6) is 1.94. The fourth-order valence-electron chi connectivity index (χ4n) is 2.34. The van der Waals surface area contributed by atoms with Gasteiger partial charge in [0.25, 0.3) is 5.69 Å². The second kappa shape index (κ2) is 7.62. The average molecular weight is 355 g/mol. The number of hydrogen-bond donors (Lipinski definition) is 2. The molecule has 0 saturated carbocycles. The van der Waals surface area contributed by atoms with E-state index < -0.39 is 11.0 Å². The van der Waals surface area contributed by atoms with Crippen molar-refractivity contribution in [3.8, 4) is 11.5 Å². The summed E-state index contributed by atoms with van der Waals surface area (Å²) in [4.78, 5) is 14.6. The van der Waals surface area contributed by atoms with Crippen molar-refractivity contribution < 1.29 is 14.4 Å². The fraction of sp³-hybridized carbons (Fsp3) is 0.176. The molecular weight excluding hydrogens is 338 g/mol. The van der Waals surface area contributed by atoms with E-state index in [1.807, 2.05) is 24.3 Å². The number of nitrogens with one attached hydrogen (secondary N) is 1. The zero-order chi connectivity index (χ0) is 18.5. The van der Waals surface area contributed by atoms with E-state index in [0.717, 1.165) is 5.56 Å². The van der Waals surface area contributed by atoms with Crippen molar-refractivity contribution in [2.45, 2.75) is 12.6 Å². The quantitative estimate of drug-likeness (QED) is 0.491. The molecule has 0 radical (unpaired) electrons. The summed E-state index contributed by atoms with van der Waals surface area (Å²) in [6, 6.07) is 12.8. The van der Waals surface area contributed by atoms with E-state index in [0.29, 0.717) is 23.1 Å². The van der Waals surface area contributed by atoms with E-state index in [1.165, 1.54) is 12.1 Å². The number of non-ortho nitro benzene ring substituents is 1. The highest BCUT2D eigenvalue weighted by Gasteiger charge is 2.15. The first-order valence-electron chi connectivity index (χ1n) is 7.75. The van der Waals surface area contributed by atoms with Gasteiger partial charge in [0, 0.05) is 6.07 Å². The number of aromatic nitrogens is 3. The smallest absolute Gasteiger partial charge is 0.273 e. The van der Waals surface area contributed by atoms with Crippen LogP contribution in [0.4, 0.5) is 5.69 Å². The van der Waals surface area contributed by atoms with E-state index in [9.17, 15) is 10.1 Å². The first kappa shape index (κ1) is 17.4. The number of ether oxygens (including phenoxy) is 2. The van der Waals surface area contributed by atoms with Gasteiger partial charge >= 0.3 is 0 Å². The van der Waals surface area contributed by atoms with Crippen LogP contribution in [0.15, 0.2) is 48.5 Å². The monoisotopic (exact) mass is 355 g/mol. The summed E-state index contributed by atoms with van der Waals surface area (Å²) in [6.07, 6.45) is 0. The maximum atomic E-state index is 10.8. The zero-order valence-corrected chi connectivity index (χ0v) is 14.0. The normalized spacial score (nSPS) is 11.8. The van der Waals surface area contributed by atoms with Crippen LogP contribution < -0.4 is 15.2 Å². The number of H-pyrrole nitrogens is 1. The maximum absolute atomic E-state index is 10.8. The second-order valence-electron chi connectivity index (χ2n) is 5.44. The van der Waals surface area contributed by atoms with Gasteiger partial charge in [-0.1, -0.05) is 18.2 Å². The molecule has 1 heterocycles. The van der Waals surface area contributed by atoms with Crippen LogP contribution in [0, 0.1) is 10.1 Å². The van der Waals surface area contributed by atoms with Crippen LogP contribution in [0.5, 0.6) is 11.5 Å². The lowest BCUT2D eigenvalue weighted by molar-refractivity contribution is -0.384. The molecule has 0 saturated heterocycles. The number of hydrogen-bond acceptors (Lipinski definition) is 7. The van der Waals surface area contributed by atoms with E-state index in [2.05, 4.69) is 15.2 Å². The highest BCUT2D eigenvalue weighted by Crippen LogP contribution is 2.22. The van der Waals surface area contributed by atoms with E-state index in [4.69, 9.17) is 15.2 Å². The van der Waals surface area contributed by atoms with Gasteiger partial charge in [0.1, 0.15) is 18.1 Å². The number of nitro groups is 1. The Bertz CT molecular complexity index is 911. The second-order valence-corrected chi connectivity index (χ2v) is 5.44. The minimum absolute atomic E-state index is 0.0409. The molecule has 0 aliphatic rings. The lowest BCUT2D eigenvalue weighted by Crippen LogP contribution is -2.13. The van der Waals surface area contributed by atoms with Gasteiger partial charge in [0.2, 0.25) is 0 Å². The number of benzene rings is 2. The minimum Gasteiger partial charge on any atom is -0.497 e. The largest absolute Gasteiger partial charge is 0.497 e. The molecule has 1 atom stereocenters. The van der Waals surface area contributed by atoms with Gasteiger partial charge in [0.05, 0.1) is 24.1 Å². The topological polar surface area (TPSA) is 129 Å². The Balaban J connectivity index is 1.67. The molecular formula is C17H17N5O4. The molecule has 3 aromatic rings. The Morgan fingerprint density at radius 1 is 1.23 bits per heavy atom. The minimum atomic E-state index is -0.520. The number of nitrogens with two attached hydrogens (primary N) is 1. The first-order valence-corrected chi connectivity index (χ1v) is 7.75. The Morgan fingerprint density at radius 2 is 2.00 bits per heavy atom. The standard InChI is InChI=1S/C17H17N5O4/c1-25-13-6-2-4-11(8-13)16(18)17-19-15(20-21-17)10-26-14-7-3-5-12(9-14)22(23)24/h2-9,16H,10,18H2,1H3,(H,19,20,21). The molecule has 134 valence electrons. The third-order valence-corrected chi connectivity index (χ3v) is 3.68. The van der Waals surface area contributed by atoms with Crippen molar-refractivity contribution in [1.29, 1.82) is 0 Å². The number of nitrogens with zero attached hydrogens (tertiary/aromatic N) is 3. The van der Waals surface area contributed by atoms with Crippen molar-refractivity contribution in [3.05, 3.63) is 75.9 Å². The van der Waals surface area contributed by atoms with Gasteiger partial charge in [-0.05, 0) is 23.8 Å². The average Bonchev–Trinajstić information content (AvgIpc) is 3.15. The number of methoxy groups -OCH3 is 1.